The third kappa shape index (κ3) is 2.99. The first-order valence-electron chi connectivity index (χ1n) is 4.54. The van der Waals surface area contributed by atoms with E-state index in [-0.39, 0.29) is 9.96 Å². The minimum absolute atomic E-state index is 0.0896. The molecule has 1 heterocycles. The summed E-state index contributed by atoms with van der Waals surface area (Å²) in [5, 5.41) is 9.09. The molecule has 7 heteroatoms. The highest BCUT2D eigenvalue weighted by Gasteiger charge is 2.16. The van der Waals surface area contributed by atoms with Gasteiger partial charge in [-0.1, -0.05) is 0 Å². The van der Waals surface area contributed by atoms with E-state index in [1.165, 1.54) is 30.3 Å². The molecule has 0 bridgehead atoms. The number of phenolic OH excluding ortho intramolecular Hbond substituents is 1. The van der Waals surface area contributed by atoms with E-state index < -0.39 is 10.0 Å². The van der Waals surface area contributed by atoms with Gasteiger partial charge in [-0.25, -0.2) is 8.42 Å². The maximum Gasteiger partial charge on any atom is 0.271 e. The van der Waals surface area contributed by atoms with Crippen molar-refractivity contribution in [1.82, 2.24) is 0 Å². The first-order valence-corrected chi connectivity index (χ1v) is 7.64. The van der Waals surface area contributed by atoms with E-state index in [4.69, 9.17) is 5.11 Å². The summed E-state index contributed by atoms with van der Waals surface area (Å²) in [4.78, 5) is 0. The predicted molar refractivity (Wildman–Crippen MR) is 70.9 cm³/mol. The molecule has 1 aromatic heterocycles. The van der Waals surface area contributed by atoms with E-state index in [2.05, 4.69) is 20.7 Å². The number of hydrogen-bond acceptors (Lipinski definition) is 4. The standard InChI is InChI=1S/C10H8BrNO3S2/c11-9-5-6-10(16-9)17(14,15)12-7-1-3-8(13)4-2-7/h1-6,12-13H. The lowest BCUT2D eigenvalue weighted by molar-refractivity contribution is 0.475. The van der Waals surface area contributed by atoms with Crippen molar-refractivity contribution in [3.63, 3.8) is 0 Å². The lowest BCUT2D eigenvalue weighted by Crippen LogP contribution is -2.11. The van der Waals surface area contributed by atoms with Crippen LogP contribution in [0.15, 0.2) is 44.4 Å². The molecular weight excluding hydrogens is 326 g/mol. The summed E-state index contributed by atoms with van der Waals surface area (Å²) in [6.07, 6.45) is 0. The molecule has 0 aliphatic heterocycles. The Labute approximate surface area is 111 Å². The molecule has 0 fully saturated rings. The van der Waals surface area contributed by atoms with Crippen LogP contribution in [0.1, 0.15) is 0 Å². The van der Waals surface area contributed by atoms with Gasteiger partial charge in [0, 0.05) is 5.69 Å². The van der Waals surface area contributed by atoms with Crippen molar-refractivity contribution < 1.29 is 13.5 Å². The number of aromatic hydroxyl groups is 1. The van der Waals surface area contributed by atoms with Gasteiger partial charge in [0.1, 0.15) is 9.96 Å². The van der Waals surface area contributed by atoms with Crippen molar-refractivity contribution in [3.8, 4) is 5.75 Å². The van der Waals surface area contributed by atoms with Crippen LogP contribution < -0.4 is 4.72 Å². The smallest absolute Gasteiger partial charge is 0.271 e. The monoisotopic (exact) mass is 333 g/mol. The average molecular weight is 334 g/mol. The van der Waals surface area contributed by atoms with E-state index in [9.17, 15) is 8.42 Å². The molecule has 2 aromatic rings. The summed E-state index contributed by atoms with van der Waals surface area (Å²) >= 11 is 4.35. The van der Waals surface area contributed by atoms with Gasteiger partial charge in [0.15, 0.2) is 0 Å². The number of halogens is 1. The van der Waals surface area contributed by atoms with E-state index in [1.807, 2.05) is 0 Å². The highest BCUT2D eigenvalue weighted by molar-refractivity contribution is 9.11. The number of rotatable bonds is 3. The Hall–Kier alpha value is -1.05. The summed E-state index contributed by atoms with van der Waals surface area (Å²) in [5.41, 5.74) is 0.410. The summed E-state index contributed by atoms with van der Waals surface area (Å²) in [6, 6.07) is 9.03. The zero-order valence-electron chi connectivity index (χ0n) is 8.42. The highest BCUT2D eigenvalue weighted by Crippen LogP contribution is 2.27. The molecule has 0 aliphatic rings. The van der Waals surface area contributed by atoms with Crippen LogP contribution in [0.4, 0.5) is 5.69 Å². The van der Waals surface area contributed by atoms with E-state index in [1.54, 1.807) is 6.07 Å². The van der Waals surface area contributed by atoms with Gasteiger partial charge in [-0.3, -0.25) is 4.72 Å². The predicted octanol–water partition coefficient (Wildman–Crippen LogP) is 3.02. The van der Waals surface area contributed by atoms with Crippen molar-refractivity contribution >= 4 is 43.0 Å². The zero-order valence-corrected chi connectivity index (χ0v) is 11.6. The Balaban J connectivity index is 2.26. The molecule has 1 aromatic carbocycles. The Morgan fingerprint density at radius 3 is 2.29 bits per heavy atom. The molecule has 0 radical (unpaired) electrons. The summed E-state index contributed by atoms with van der Waals surface area (Å²) in [5.74, 6) is 0.0896. The van der Waals surface area contributed by atoms with Gasteiger partial charge < -0.3 is 5.11 Å². The molecule has 0 unspecified atom stereocenters. The third-order valence-corrected chi connectivity index (χ3v) is 5.43. The van der Waals surface area contributed by atoms with Crippen LogP contribution in [0.2, 0.25) is 0 Å². The SMILES string of the molecule is O=S(=O)(Nc1ccc(O)cc1)c1ccc(Br)s1. The topological polar surface area (TPSA) is 66.4 Å². The van der Waals surface area contributed by atoms with Gasteiger partial charge >= 0.3 is 0 Å². The fourth-order valence-electron chi connectivity index (χ4n) is 1.18. The number of phenols is 1. The Morgan fingerprint density at radius 2 is 1.76 bits per heavy atom. The number of thiophene rings is 1. The Bertz CT molecular complexity index is 619. The Morgan fingerprint density at radius 1 is 1.12 bits per heavy atom. The first kappa shape index (κ1) is 12.4. The largest absolute Gasteiger partial charge is 0.508 e. The lowest BCUT2D eigenvalue weighted by Gasteiger charge is -2.05. The first-order chi connectivity index (χ1) is 7.97. The number of benzene rings is 1. The lowest BCUT2D eigenvalue weighted by atomic mass is 10.3. The van der Waals surface area contributed by atoms with Crippen LogP contribution in [0, 0.1) is 0 Å². The van der Waals surface area contributed by atoms with Gasteiger partial charge in [-0.2, -0.15) is 0 Å². The fraction of sp³-hybridized carbons (Fsp3) is 0. The molecule has 17 heavy (non-hydrogen) atoms. The number of sulfonamides is 1. The summed E-state index contributed by atoms with van der Waals surface area (Å²) < 4.78 is 27.2. The Kier molecular flexibility index (Phi) is 3.41. The second kappa shape index (κ2) is 4.67. The van der Waals surface area contributed by atoms with Crippen LogP contribution in [-0.4, -0.2) is 13.5 Å². The van der Waals surface area contributed by atoms with Crippen LogP contribution in [0.5, 0.6) is 5.75 Å². The van der Waals surface area contributed by atoms with Crippen LogP contribution in [-0.2, 0) is 10.0 Å². The molecule has 0 saturated carbocycles. The van der Waals surface area contributed by atoms with Crippen LogP contribution in [0.25, 0.3) is 0 Å². The fourth-order valence-corrected chi connectivity index (χ4v) is 4.25. The van der Waals surface area contributed by atoms with E-state index in [0.29, 0.717) is 5.69 Å². The molecular formula is C10H8BrNO3S2. The molecule has 2 N–H and O–H groups in total. The molecule has 90 valence electrons. The van der Waals surface area contributed by atoms with Crippen LogP contribution in [0.3, 0.4) is 0 Å². The van der Waals surface area contributed by atoms with Gasteiger partial charge in [-0.05, 0) is 52.3 Å². The van der Waals surface area contributed by atoms with Gasteiger partial charge in [0.2, 0.25) is 0 Å². The molecule has 0 atom stereocenters. The molecule has 0 spiro atoms. The summed E-state index contributed by atoms with van der Waals surface area (Å²) in [7, 11) is -3.55. The van der Waals surface area contributed by atoms with Crippen molar-refractivity contribution in [2.75, 3.05) is 4.72 Å². The number of nitrogens with one attached hydrogen (secondary N) is 1. The minimum Gasteiger partial charge on any atom is -0.508 e. The molecule has 0 amide bonds. The van der Waals surface area contributed by atoms with Crippen molar-refractivity contribution in [2.45, 2.75) is 4.21 Å². The minimum atomic E-state index is -3.55. The maximum atomic E-state index is 11.9. The van der Waals surface area contributed by atoms with Crippen molar-refractivity contribution in [1.29, 1.82) is 0 Å². The second-order valence-corrected chi connectivity index (χ2v) is 7.58. The zero-order chi connectivity index (χ0) is 12.5. The van der Waals surface area contributed by atoms with E-state index >= 15 is 0 Å². The second-order valence-electron chi connectivity index (χ2n) is 3.21. The summed E-state index contributed by atoms with van der Waals surface area (Å²) in [6.45, 7) is 0. The quantitative estimate of drug-likeness (QED) is 0.848. The maximum absolute atomic E-state index is 11.9. The van der Waals surface area contributed by atoms with Crippen molar-refractivity contribution in [3.05, 3.63) is 40.2 Å². The van der Waals surface area contributed by atoms with Gasteiger partial charge in [0.05, 0.1) is 3.79 Å². The van der Waals surface area contributed by atoms with E-state index in [0.717, 1.165) is 15.1 Å². The van der Waals surface area contributed by atoms with Gasteiger partial charge in [-0.15, -0.1) is 11.3 Å². The number of anilines is 1. The highest BCUT2D eigenvalue weighted by atomic mass is 79.9. The number of hydrogen-bond donors (Lipinski definition) is 2. The average Bonchev–Trinajstić information content (AvgIpc) is 2.69. The normalized spacial score (nSPS) is 11.4. The molecule has 4 nitrogen and oxygen atoms in total. The van der Waals surface area contributed by atoms with Gasteiger partial charge in [0.25, 0.3) is 10.0 Å². The molecule has 2 rings (SSSR count). The van der Waals surface area contributed by atoms with Crippen molar-refractivity contribution in [2.24, 2.45) is 0 Å². The molecule has 0 aliphatic carbocycles. The third-order valence-electron chi connectivity index (χ3n) is 1.93. The molecule has 0 saturated heterocycles. The van der Waals surface area contributed by atoms with Crippen LogP contribution >= 0.6 is 27.3 Å².